The largest absolute Gasteiger partial charge is 0.550 e. The monoisotopic (exact) mass is 315 g/mol. The van der Waals surface area contributed by atoms with Gasteiger partial charge in [0.15, 0.2) is 5.13 Å². The van der Waals surface area contributed by atoms with Crippen molar-refractivity contribution in [2.45, 2.75) is 19.8 Å². The van der Waals surface area contributed by atoms with Crippen LogP contribution in [0.4, 0.5) is 5.13 Å². The van der Waals surface area contributed by atoms with Crippen molar-refractivity contribution in [3.8, 4) is 0 Å². The molecular weight excluding hydrogens is 300 g/mol. The van der Waals surface area contributed by atoms with Crippen LogP contribution in [0.2, 0.25) is 0 Å². The van der Waals surface area contributed by atoms with E-state index in [1.54, 1.807) is 0 Å². The molecule has 1 N–H and O–H groups in total. The first-order valence-electron chi connectivity index (χ1n) is 7.07. The van der Waals surface area contributed by atoms with Gasteiger partial charge in [-0.1, -0.05) is 35.1 Å². The predicted molar refractivity (Wildman–Crippen MR) is 83.2 cm³/mol. The fraction of sp³-hybridized carbons (Fsp3) is 0.312. The number of benzene rings is 1. The SMILES string of the molecule is CC1=CC[C@H](C(=O)Nc2nc3ccccc3s2)[C@@H](C(=O)[O-])C1. The van der Waals surface area contributed by atoms with E-state index in [2.05, 4.69) is 10.3 Å². The molecule has 3 rings (SSSR count). The van der Waals surface area contributed by atoms with Gasteiger partial charge >= 0.3 is 0 Å². The quantitative estimate of drug-likeness (QED) is 0.878. The minimum absolute atomic E-state index is 0.308. The molecule has 114 valence electrons. The number of anilines is 1. The third-order valence-corrected chi connectivity index (χ3v) is 4.86. The van der Waals surface area contributed by atoms with Crippen molar-refractivity contribution < 1.29 is 14.7 Å². The number of amides is 1. The maximum Gasteiger partial charge on any atom is 0.230 e. The van der Waals surface area contributed by atoms with Crippen LogP contribution in [0.25, 0.3) is 10.2 Å². The Labute approximate surface area is 131 Å². The molecule has 0 saturated carbocycles. The van der Waals surface area contributed by atoms with E-state index in [9.17, 15) is 14.7 Å². The van der Waals surface area contributed by atoms with Crippen molar-refractivity contribution in [1.82, 2.24) is 4.98 Å². The zero-order valence-electron chi connectivity index (χ0n) is 12.0. The summed E-state index contributed by atoms with van der Waals surface area (Å²) < 4.78 is 0.980. The third kappa shape index (κ3) is 2.87. The summed E-state index contributed by atoms with van der Waals surface area (Å²) in [4.78, 5) is 28.0. The predicted octanol–water partition coefficient (Wildman–Crippen LogP) is 1.96. The van der Waals surface area contributed by atoms with Gasteiger partial charge in [-0.15, -0.1) is 0 Å². The molecule has 2 atom stereocenters. The highest BCUT2D eigenvalue weighted by Gasteiger charge is 2.31. The first-order chi connectivity index (χ1) is 10.5. The minimum atomic E-state index is -1.17. The minimum Gasteiger partial charge on any atom is -0.550 e. The number of nitrogens with one attached hydrogen (secondary N) is 1. The van der Waals surface area contributed by atoms with Crippen molar-refractivity contribution in [3.05, 3.63) is 35.9 Å². The number of rotatable bonds is 3. The lowest BCUT2D eigenvalue weighted by Crippen LogP contribution is -2.42. The molecule has 1 heterocycles. The van der Waals surface area contributed by atoms with Crippen LogP contribution in [0.1, 0.15) is 19.8 Å². The molecule has 6 heteroatoms. The Morgan fingerprint density at radius 2 is 2.09 bits per heavy atom. The van der Waals surface area contributed by atoms with E-state index in [4.69, 9.17) is 0 Å². The molecule has 0 saturated heterocycles. The third-order valence-electron chi connectivity index (χ3n) is 3.91. The molecule has 0 spiro atoms. The van der Waals surface area contributed by atoms with Crippen molar-refractivity contribution >= 4 is 38.6 Å². The molecule has 5 nitrogen and oxygen atoms in total. The number of hydrogen-bond acceptors (Lipinski definition) is 5. The fourth-order valence-corrected chi connectivity index (χ4v) is 3.59. The van der Waals surface area contributed by atoms with Gasteiger partial charge in [-0.05, 0) is 31.9 Å². The number of nitrogens with zero attached hydrogens (tertiary/aromatic N) is 1. The normalized spacial score (nSPS) is 21.4. The van der Waals surface area contributed by atoms with E-state index in [1.807, 2.05) is 37.3 Å². The van der Waals surface area contributed by atoms with Crippen LogP contribution < -0.4 is 10.4 Å². The van der Waals surface area contributed by atoms with E-state index in [1.165, 1.54) is 11.3 Å². The molecular formula is C16H15N2O3S-. The average molecular weight is 315 g/mol. The van der Waals surface area contributed by atoms with E-state index in [0.29, 0.717) is 18.0 Å². The highest BCUT2D eigenvalue weighted by atomic mass is 32.1. The number of carbonyl (C=O) groups is 2. The van der Waals surface area contributed by atoms with E-state index in [-0.39, 0.29) is 5.91 Å². The molecule has 0 aliphatic heterocycles. The second kappa shape index (κ2) is 5.88. The Morgan fingerprint density at radius 3 is 2.82 bits per heavy atom. The Morgan fingerprint density at radius 1 is 1.32 bits per heavy atom. The van der Waals surface area contributed by atoms with Crippen LogP contribution in [0.15, 0.2) is 35.9 Å². The molecule has 1 aromatic carbocycles. The Kier molecular flexibility index (Phi) is 3.94. The number of carbonyl (C=O) groups excluding carboxylic acids is 2. The number of hydrogen-bond donors (Lipinski definition) is 1. The molecule has 0 bridgehead atoms. The van der Waals surface area contributed by atoms with Gasteiger partial charge in [0.1, 0.15) is 0 Å². The second-order valence-electron chi connectivity index (χ2n) is 5.50. The molecule has 22 heavy (non-hydrogen) atoms. The summed E-state index contributed by atoms with van der Waals surface area (Å²) in [6.07, 6.45) is 2.70. The molecule has 0 radical (unpaired) electrons. The highest BCUT2D eigenvalue weighted by Crippen LogP contribution is 2.31. The lowest BCUT2D eigenvalue weighted by Gasteiger charge is -2.30. The summed E-state index contributed by atoms with van der Waals surface area (Å²) in [5.41, 5.74) is 1.80. The number of para-hydroxylation sites is 1. The van der Waals surface area contributed by atoms with Crippen molar-refractivity contribution in [2.24, 2.45) is 11.8 Å². The van der Waals surface area contributed by atoms with Crippen molar-refractivity contribution in [1.29, 1.82) is 0 Å². The molecule has 2 aromatic rings. The molecule has 1 amide bonds. The molecule has 1 aliphatic rings. The first kappa shape index (κ1) is 14.7. The van der Waals surface area contributed by atoms with Crippen LogP contribution in [0.3, 0.4) is 0 Å². The van der Waals surface area contributed by atoms with Gasteiger partial charge in [0.05, 0.1) is 16.1 Å². The van der Waals surface area contributed by atoms with E-state index in [0.717, 1.165) is 15.8 Å². The van der Waals surface area contributed by atoms with Gasteiger partial charge in [0.25, 0.3) is 0 Å². The van der Waals surface area contributed by atoms with Crippen LogP contribution in [-0.2, 0) is 9.59 Å². The zero-order valence-corrected chi connectivity index (χ0v) is 12.9. The number of allylic oxidation sites excluding steroid dienone is 2. The van der Waals surface area contributed by atoms with Gasteiger partial charge in [0, 0.05) is 11.9 Å². The second-order valence-corrected chi connectivity index (χ2v) is 6.53. The first-order valence-corrected chi connectivity index (χ1v) is 7.89. The topological polar surface area (TPSA) is 82.1 Å². The van der Waals surface area contributed by atoms with Crippen molar-refractivity contribution in [2.75, 3.05) is 5.32 Å². The van der Waals surface area contributed by atoms with Gasteiger partial charge in [-0.25, -0.2) is 4.98 Å². The number of carboxylic acids is 1. The number of aromatic nitrogens is 1. The van der Waals surface area contributed by atoms with Gasteiger partial charge in [-0.2, -0.15) is 0 Å². The molecule has 1 aromatic heterocycles. The zero-order chi connectivity index (χ0) is 15.7. The number of fused-ring (bicyclic) bond motifs is 1. The summed E-state index contributed by atoms with van der Waals surface area (Å²) in [6, 6.07) is 7.60. The number of thiazole rings is 1. The van der Waals surface area contributed by atoms with Crippen LogP contribution in [0, 0.1) is 11.8 Å². The maximum atomic E-state index is 12.4. The summed E-state index contributed by atoms with van der Waals surface area (Å²) >= 11 is 1.38. The van der Waals surface area contributed by atoms with Gasteiger partial charge in [0.2, 0.25) is 5.91 Å². The smallest absolute Gasteiger partial charge is 0.230 e. The summed E-state index contributed by atoms with van der Waals surface area (Å²) in [7, 11) is 0. The fourth-order valence-electron chi connectivity index (χ4n) is 2.73. The maximum absolute atomic E-state index is 12.4. The van der Waals surface area contributed by atoms with E-state index < -0.39 is 17.8 Å². The molecule has 0 fully saturated rings. The van der Waals surface area contributed by atoms with Crippen LogP contribution in [-0.4, -0.2) is 16.9 Å². The molecule has 0 unspecified atom stereocenters. The number of aliphatic carboxylic acids is 1. The lowest BCUT2D eigenvalue weighted by atomic mass is 9.79. The van der Waals surface area contributed by atoms with Crippen LogP contribution in [0.5, 0.6) is 0 Å². The van der Waals surface area contributed by atoms with E-state index >= 15 is 0 Å². The number of carboxylic acid groups (broad SMARTS) is 1. The Hall–Kier alpha value is -2.21. The molecule has 1 aliphatic carbocycles. The highest BCUT2D eigenvalue weighted by molar-refractivity contribution is 7.22. The summed E-state index contributed by atoms with van der Waals surface area (Å²) in [6.45, 7) is 1.87. The Bertz CT molecular complexity index is 733. The summed E-state index contributed by atoms with van der Waals surface area (Å²) in [5.74, 6) is -2.87. The standard InChI is InChI=1S/C16H16N2O3S/c1-9-6-7-10(11(8-9)15(20)21)14(19)18-16-17-12-4-2-3-5-13(12)22-16/h2-6,10-11H,7-8H2,1H3,(H,20,21)(H,17,18,19)/p-1/t10-,11-/m0/s1. The van der Waals surface area contributed by atoms with Crippen molar-refractivity contribution in [3.63, 3.8) is 0 Å². The summed E-state index contributed by atoms with van der Waals surface area (Å²) in [5, 5.41) is 14.5. The lowest BCUT2D eigenvalue weighted by molar-refractivity contribution is -0.313. The average Bonchev–Trinajstić information content (AvgIpc) is 2.89. The van der Waals surface area contributed by atoms with Gasteiger partial charge in [-0.3, -0.25) is 4.79 Å². The van der Waals surface area contributed by atoms with Crippen LogP contribution >= 0.6 is 11.3 Å². The Balaban J connectivity index is 1.79. The van der Waals surface area contributed by atoms with Gasteiger partial charge < -0.3 is 15.2 Å².